The van der Waals surface area contributed by atoms with Crippen LogP contribution >= 0.6 is 0 Å². The van der Waals surface area contributed by atoms with E-state index in [1.54, 1.807) is 6.92 Å². The van der Waals surface area contributed by atoms with E-state index in [4.69, 9.17) is 4.74 Å². The molecule has 2 rings (SSSR count). The maximum Gasteiger partial charge on any atom is 0.325 e. The van der Waals surface area contributed by atoms with Gasteiger partial charge in [-0.2, -0.15) is 4.31 Å². The van der Waals surface area contributed by atoms with Crippen LogP contribution in [-0.2, 0) is 24.3 Å². The number of benzene rings is 1. The number of nitrogens with one attached hydrogen (secondary N) is 2. The van der Waals surface area contributed by atoms with Gasteiger partial charge in [0.05, 0.1) is 11.0 Å². The Morgan fingerprint density at radius 3 is 2.61 bits per heavy atom. The Morgan fingerprint density at radius 2 is 2.00 bits per heavy atom. The zero-order chi connectivity index (χ0) is 23.3. The first-order chi connectivity index (χ1) is 14.5. The number of β-amino-alcohol motifs (C(OH)–C–C–N with tert-alkyl or cyclic N) is 1. The third-order valence-corrected chi connectivity index (χ3v) is 6.31. The van der Waals surface area contributed by atoms with Crippen molar-refractivity contribution in [1.82, 2.24) is 14.9 Å². The van der Waals surface area contributed by atoms with Gasteiger partial charge >= 0.3 is 12.0 Å². The minimum Gasteiger partial charge on any atom is -0.451 e. The molecule has 1 aliphatic rings. The zero-order valence-electron chi connectivity index (χ0n) is 16.7. The number of urea groups is 1. The maximum absolute atomic E-state index is 13.0. The lowest BCUT2D eigenvalue weighted by molar-refractivity contribution is -0.387. The number of aliphatic hydroxyl groups excluding tert-OH is 1. The van der Waals surface area contributed by atoms with E-state index in [0.29, 0.717) is 4.31 Å². The molecular weight excluding hydrogens is 436 g/mol. The summed E-state index contributed by atoms with van der Waals surface area (Å²) in [6.07, 6.45) is -3.00. The number of rotatable bonds is 7. The lowest BCUT2D eigenvalue weighted by atomic mass is 10.2. The van der Waals surface area contributed by atoms with Gasteiger partial charge in [-0.15, -0.1) is 0 Å². The van der Waals surface area contributed by atoms with E-state index in [2.05, 4.69) is 5.32 Å². The van der Waals surface area contributed by atoms with Crippen molar-refractivity contribution in [1.29, 1.82) is 0 Å². The molecule has 1 saturated heterocycles. The highest BCUT2D eigenvalue weighted by atomic mass is 32.2. The highest BCUT2D eigenvalue weighted by molar-refractivity contribution is 7.89. The molecule has 3 amide bonds. The fraction of sp³-hybridized carbons (Fsp3) is 0.471. The summed E-state index contributed by atoms with van der Waals surface area (Å²) >= 11 is 0. The summed E-state index contributed by atoms with van der Waals surface area (Å²) < 4.78 is 31.6. The monoisotopic (exact) mass is 458 g/mol. The zero-order valence-corrected chi connectivity index (χ0v) is 17.5. The average molecular weight is 458 g/mol. The molecule has 0 aromatic heterocycles. The van der Waals surface area contributed by atoms with E-state index < -0.39 is 68.2 Å². The van der Waals surface area contributed by atoms with Crippen molar-refractivity contribution >= 4 is 33.6 Å². The van der Waals surface area contributed by atoms with E-state index in [0.717, 1.165) is 12.1 Å². The fourth-order valence-electron chi connectivity index (χ4n) is 2.94. The number of ether oxygens (including phenoxy) is 1. The van der Waals surface area contributed by atoms with Crippen LogP contribution in [0.15, 0.2) is 29.2 Å². The van der Waals surface area contributed by atoms with E-state index >= 15 is 0 Å². The number of sulfonamides is 1. The summed E-state index contributed by atoms with van der Waals surface area (Å²) in [5.74, 6) is -2.08. The fourth-order valence-corrected chi connectivity index (χ4v) is 4.73. The SMILES string of the molecule is CCNC(=O)NC(=O)[C@H](C)OC(=O)[C@@H]1C[C@H](O)CN1S(=O)(=O)c1ccccc1[N+](=O)[O-]. The summed E-state index contributed by atoms with van der Waals surface area (Å²) in [6.45, 7) is 2.57. The first kappa shape index (κ1) is 24.2. The molecule has 31 heavy (non-hydrogen) atoms. The number of esters is 1. The Morgan fingerprint density at radius 1 is 1.35 bits per heavy atom. The average Bonchev–Trinajstić information content (AvgIpc) is 3.10. The molecule has 0 spiro atoms. The van der Waals surface area contributed by atoms with Crippen molar-refractivity contribution in [2.45, 2.75) is 43.4 Å². The number of para-hydroxylation sites is 1. The highest BCUT2D eigenvalue weighted by Crippen LogP contribution is 2.32. The number of nitro groups is 1. The van der Waals surface area contributed by atoms with Crippen molar-refractivity contribution in [3.63, 3.8) is 0 Å². The summed E-state index contributed by atoms with van der Waals surface area (Å²) in [4.78, 5) is 45.6. The number of nitro benzene ring substituents is 1. The van der Waals surface area contributed by atoms with Gasteiger partial charge in [0, 0.05) is 25.6 Å². The molecule has 13 nitrogen and oxygen atoms in total. The maximum atomic E-state index is 13.0. The molecule has 0 unspecified atom stereocenters. The number of carbonyl (C=O) groups excluding carboxylic acids is 3. The molecule has 0 saturated carbocycles. The Bertz CT molecular complexity index is 982. The molecule has 170 valence electrons. The lowest BCUT2D eigenvalue weighted by Gasteiger charge is -2.23. The third-order valence-electron chi connectivity index (χ3n) is 4.39. The first-order valence-electron chi connectivity index (χ1n) is 9.21. The van der Waals surface area contributed by atoms with Gasteiger partial charge in [-0.05, 0) is 19.9 Å². The van der Waals surface area contributed by atoms with Crippen molar-refractivity contribution in [2.75, 3.05) is 13.1 Å². The predicted octanol–water partition coefficient (Wildman–Crippen LogP) is -0.504. The largest absolute Gasteiger partial charge is 0.451 e. The van der Waals surface area contributed by atoms with Gasteiger partial charge in [-0.25, -0.2) is 13.2 Å². The van der Waals surface area contributed by atoms with Crippen LogP contribution in [0.25, 0.3) is 0 Å². The molecule has 1 aromatic carbocycles. The standard InChI is InChI=1S/C17H22N4O9S/c1-3-18-17(25)19-15(23)10(2)30-16(24)13-8-11(22)9-20(13)31(28,29)14-7-5-4-6-12(14)21(26)27/h4-7,10-11,13,22H,3,8-9H2,1-2H3,(H2,18,19,23,25)/t10-,11-,13-/m0/s1. The van der Waals surface area contributed by atoms with Crippen LogP contribution in [0, 0.1) is 10.1 Å². The third kappa shape index (κ3) is 5.53. The van der Waals surface area contributed by atoms with Crippen LogP contribution in [0.3, 0.4) is 0 Å². The summed E-state index contributed by atoms with van der Waals surface area (Å²) in [5, 5.41) is 25.4. The molecule has 1 aromatic rings. The van der Waals surface area contributed by atoms with E-state index in [1.807, 2.05) is 5.32 Å². The molecule has 3 atom stereocenters. The normalized spacial score (nSPS) is 20.0. The predicted molar refractivity (Wildman–Crippen MR) is 104 cm³/mol. The molecular formula is C17H22N4O9S. The lowest BCUT2D eigenvalue weighted by Crippen LogP contribution is -2.47. The number of aliphatic hydroxyl groups is 1. The molecule has 1 aliphatic heterocycles. The minimum atomic E-state index is -4.56. The van der Waals surface area contributed by atoms with Gasteiger partial charge in [0.1, 0.15) is 6.04 Å². The van der Waals surface area contributed by atoms with Gasteiger partial charge in [-0.3, -0.25) is 25.0 Å². The molecule has 0 radical (unpaired) electrons. The number of hydrogen-bond acceptors (Lipinski definition) is 9. The van der Waals surface area contributed by atoms with Gasteiger partial charge in [0.2, 0.25) is 0 Å². The van der Waals surface area contributed by atoms with Gasteiger partial charge in [0.15, 0.2) is 11.0 Å². The molecule has 3 N–H and O–H groups in total. The summed E-state index contributed by atoms with van der Waals surface area (Å²) in [6, 6.07) is 2.28. The van der Waals surface area contributed by atoms with E-state index in [9.17, 15) is 38.0 Å². The van der Waals surface area contributed by atoms with Gasteiger partial charge in [-0.1, -0.05) is 12.1 Å². The molecule has 14 heteroatoms. The van der Waals surface area contributed by atoms with Crippen molar-refractivity contribution in [3.05, 3.63) is 34.4 Å². The second-order valence-corrected chi connectivity index (χ2v) is 8.49. The Labute approximate surface area is 177 Å². The number of nitrogens with zero attached hydrogens (tertiary/aromatic N) is 2. The van der Waals surface area contributed by atoms with Crippen molar-refractivity contribution in [3.8, 4) is 0 Å². The quantitative estimate of drug-likeness (QED) is 0.275. The Hall–Kier alpha value is -3.10. The van der Waals surface area contributed by atoms with Crippen LogP contribution in [0.4, 0.5) is 10.5 Å². The van der Waals surface area contributed by atoms with E-state index in [1.165, 1.54) is 19.1 Å². The van der Waals surface area contributed by atoms with Gasteiger partial charge < -0.3 is 15.2 Å². The van der Waals surface area contributed by atoms with Crippen LogP contribution < -0.4 is 10.6 Å². The molecule has 1 fully saturated rings. The Balaban J connectivity index is 2.23. The second kappa shape index (κ2) is 9.80. The Kier molecular flexibility index (Phi) is 7.65. The first-order valence-corrected chi connectivity index (χ1v) is 10.7. The summed E-state index contributed by atoms with van der Waals surface area (Å²) in [7, 11) is -4.56. The molecule has 0 bridgehead atoms. The highest BCUT2D eigenvalue weighted by Gasteiger charge is 2.46. The van der Waals surface area contributed by atoms with Crippen LogP contribution in [0.2, 0.25) is 0 Å². The summed E-state index contributed by atoms with van der Waals surface area (Å²) in [5.41, 5.74) is -0.689. The minimum absolute atomic E-state index is 0.256. The van der Waals surface area contributed by atoms with Crippen molar-refractivity contribution in [2.24, 2.45) is 0 Å². The van der Waals surface area contributed by atoms with Gasteiger partial charge in [0.25, 0.3) is 21.6 Å². The van der Waals surface area contributed by atoms with Crippen LogP contribution in [-0.4, -0.2) is 72.0 Å². The molecule has 1 heterocycles. The second-order valence-electron chi connectivity index (χ2n) is 6.63. The van der Waals surface area contributed by atoms with Crippen LogP contribution in [0.5, 0.6) is 0 Å². The number of amides is 3. The molecule has 0 aliphatic carbocycles. The topological polar surface area (TPSA) is 185 Å². The number of hydrogen-bond donors (Lipinski definition) is 3. The number of carbonyl (C=O) groups is 3. The number of imide groups is 1. The van der Waals surface area contributed by atoms with Crippen molar-refractivity contribution < 1.29 is 37.6 Å². The smallest absolute Gasteiger partial charge is 0.325 e. The van der Waals surface area contributed by atoms with Crippen LogP contribution in [0.1, 0.15) is 20.3 Å². The van der Waals surface area contributed by atoms with E-state index in [-0.39, 0.29) is 13.0 Å².